The molecule has 6 heteroatoms. The van der Waals surface area contributed by atoms with Gasteiger partial charge in [-0.25, -0.2) is 4.79 Å². The van der Waals surface area contributed by atoms with Crippen molar-refractivity contribution in [3.63, 3.8) is 0 Å². The number of nitrogens with one attached hydrogen (secondary N) is 2. The molecule has 1 unspecified atom stereocenters. The number of carbonyl (C=O) groups excluding carboxylic acids is 1. The van der Waals surface area contributed by atoms with Crippen LogP contribution in [0.1, 0.15) is 18.0 Å². The summed E-state index contributed by atoms with van der Waals surface area (Å²) in [5.74, 6) is 1.09. The summed E-state index contributed by atoms with van der Waals surface area (Å²) in [5, 5.41) is 6.75. The molecule has 0 aromatic heterocycles. The van der Waals surface area contributed by atoms with Gasteiger partial charge in [0.15, 0.2) is 0 Å². The number of nitrogens with two attached hydrogens (primary N) is 1. The van der Waals surface area contributed by atoms with E-state index in [0.717, 1.165) is 17.2 Å². The number of hydrogen-bond donors (Lipinski definition) is 3. The molecule has 1 aliphatic heterocycles. The quantitative estimate of drug-likeness (QED) is 0.743. The predicted octanol–water partition coefficient (Wildman–Crippen LogP) is 2.13. The standard InChI is InChI=1S/C12H16ClN3OS/c13-8-1-2-11-9(7-8)10(3-6-18-11)15-4-5-16-12(14)17/h1-2,7,10,15H,3-6H2,(H3,14,16,17). The highest BCUT2D eigenvalue weighted by atomic mass is 35.5. The zero-order valence-electron chi connectivity index (χ0n) is 9.91. The SMILES string of the molecule is NC(=O)NCCNC1CCSc2ccc(Cl)cc21. The van der Waals surface area contributed by atoms with E-state index in [1.807, 2.05) is 23.9 Å². The molecule has 0 saturated heterocycles. The van der Waals surface area contributed by atoms with Crippen LogP contribution in [0.5, 0.6) is 0 Å². The monoisotopic (exact) mass is 285 g/mol. The average molecular weight is 286 g/mol. The minimum atomic E-state index is -0.487. The van der Waals surface area contributed by atoms with Crippen LogP contribution in [-0.4, -0.2) is 24.9 Å². The molecule has 0 bridgehead atoms. The van der Waals surface area contributed by atoms with Crippen molar-refractivity contribution in [3.8, 4) is 0 Å². The Morgan fingerprint density at radius 3 is 3.11 bits per heavy atom. The minimum absolute atomic E-state index is 0.301. The molecule has 98 valence electrons. The molecule has 0 aliphatic carbocycles. The summed E-state index contributed by atoms with van der Waals surface area (Å²) in [5.41, 5.74) is 6.26. The molecule has 4 N–H and O–H groups in total. The number of primary amides is 1. The Labute approximate surface area is 116 Å². The summed E-state index contributed by atoms with van der Waals surface area (Å²) in [4.78, 5) is 11.8. The lowest BCUT2D eigenvalue weighted by atomic mass is 10.0. The van der Waals surface area contributed by atoms with Gasteiger partial charge < -0.3 is 16.4 Å². The van der Waals surface area contributed by atoms with Crippen LogP contribution in [0.25, 0.3) is 0 Å². The normalized spacial score (nSPS) is 18.2. The van der Waals surface area contributed by atoms with E-state index < -0.39 is 6.03 Å². The molecule has 1 aliphatic rings. The fourth-order valence-corrected chi connectivity index (χ4v) is 3.30. The van der Waals surface area contributed by atoms with Gasteiger partial charge in [0.05, 0.1) is 0 Å². The lowest BCUT2D eigenvalue weighted by Gasteiger charge is -2.26. The van der Waals surface area contributed by atoms with Gasteiger partial charge in [-0.15, -0.1) is 11.8 Å². The highest BCUT2D eigenvalue weighted by Crippen LogP contribution is 2.37. The third-order valence-corrected chi connectivity index (χ3v) is 4.18. The van der Waals surface area contributed by atoms with Gasteiger partial charge in [-0.1, -0.05) is 11.6 Å². The largest absolute Gasteiger partial charge is 0.352 e. The summed E-state index contributed by atoms with van der Waals surface area (Å²) < 4.78 is 0. The summed E-state index contributed by atoms with van der Waals surface area (Å²) in [6.07, 6.45) is 1.06. The Kier molecular flexibility index (Phi) is 4.74. The topological polar surface area (TPSA) is 67.2 Å². The molecular formula is C12H16ClN3OS. The van der Waals surface area contributed by atoms with Crippen molar-refractivity contribution in [2.75, 3.05) is 18.8 Å². The van der Waals surface area contributed by atoms with Crippen molar-refractivity contribution in [1.82, 2.24) is 10.6 Å². The second-order valence-electron chi connectivity index (χ2n) is 4.12. The van der Waals surface area contributed by atoms with Crippen LogP contribution < -0.4 is 16.4 Å². The van der Waals surface area contributed by atoms with Crippen molar-refractivity contribution < 1.29 is 4.79 Å². The van der Waals surface area contributed by atoms with Crippen LogP contribution in [0.15, 0.2) is 23.1 Å². The zero-order chi connectivity index (χ0) is 13.0. The number of hydrogen-bond acceptors (Lipinski definition) is 3. The molecule has 1 heterocycles. The number of benzene rings is 1. The minimum Gasteiger partial charge on any atom is -0.352 e. The Hall–Kier alpha value is -0.910. The average Bonchev–Trinajstić information content (AvgIpc) is 2.34. The van der Waals surface area contributed by atoms with Crippen molar-refractivity contribution in [2.24, 2.45) is 5.73 Å². The highest BCUT2D eigenvalue weighted by Gasteiger charge is 2.20. The Bertz CT molecular complexity index is 441. The van der Waals surface area contributed by atoms with E-state index in [0.29, 0.717) is 19.1 Å². The third kappa shape index (κ3) is 3.54. The number of urea groups is 1. The molecule has 18 heavy (non-hydrogen) atoms. The van der Waals surface area contributed by atoms with Crippen LogP contribution >= 0.6 is 23.4 Å². The van der Waals surface area contributed by atoms with Crippen molar-refractivity contribution in [1.29, 1.82) is 0 Å². The first kappa shape index (κ1) is 13.5. The van der Waals surface area contributed by atoms with E-state index >= 15 is 0 Å². The fraction of sp³-hybridized carbons (Fsp3) is 0.417. The maximum Gasteiger partial charge on any atom is 0.312 e. The lowest BCUT2D eigenvalue weighted by Crippen LogP contribution is -2.37. The molecule has 0 spiro atoms. The maximum absolute atomic E-state index is 10.6. The maximum atomic E-state index is 10.6. The summed E-state index contributed by atoms with van der Waals surface area (Å²) in [7, 11) is 0. The Morgan fingerprint density at radius 1 is 1.50 bits per heavy atom. The van der Waals surface area contributed by atoms with E-state index in [2.05, 4.69) is 16.7 Å². The number of rotatable bonds is 4. The Morgan fingerprint density at radius 2 is 2.33 bits per heavy atom. The van der Waals surface area contributed by atoms with E-state index in [-0.39, 0.29) is 0 Å². The Balaban J connectivity index is 1.95. The second kappa shape index (κ2) is 6.31. The molecule has 0 fully saturated rings. The van der Waals surface area contributed by atoms with Gasteiger partial charge in [-0.3, -0.25) is 0 Å². The number of thioether (sulfide) groups is 1. The second-order valence-corrected chi connectivity index (χ2v) is 5.69. The summed E-state index contributed by atoms with van der Waals surface area (Å²) in [6.45, 7) is 1.24. The van der Waals surface area contributed by atoms with Gasteiger partial charge in [0, 0.05) is 29.0 Å². The van der Waals surface area contributed by atoms with Gasteiger partial charge in [0.1, 0.15) is 0 Å². The van der Waals surface area contributed by atoms with Gasteiger partial charge in [0.2, 0.25) is 0 Å². The number of carbonyl (C=O) groups is 1. The zero-order valence-corrected chi connectivity index (χ0v) is 11.5. The summed E-state index contributed by atoms with van der Waals surface area (Å²) in [6, 6.07) is 5.82. The van der Waals surface area contributed by atoms with Crippen LogP contribution in [0.2, 0.25) is 5.02 Å². The van der Waals surface area contributed by atoms with Crippen molar-refractivity contribution >= 4 is 29.4 Å². The predicted molar refractivity (Wildman–Crippen MR) is 75.1 cm³/mol. The molecule has 1 aromatic rings. The smallest absolute Gasteiger partial charge is 0.312 e. The first-order valence-electron chi connectivity index (χ1n) is 5.86. The van der Waals surface area contributed by atoms with Gasteiger partial charge in [0.25, 0.3) is 0 Å². The van der Waals surface area contributed by atoms with E-state index in [1.54, 1.807) is 0 Å². The molecule has 2 rings (SSSR count). The number of halogens is 1. The number of fused-ring (bicyclic) bond motifs is 1. The van der Waals surface area contributed by atoms with E-state index in [1.165, 1.54) is 10.5 Å². The highest BCUT2D eigenvalue weighted by molar-refractivity contribution is 7.99. The van der Waals surface area contributed by atoms with E-state index in [9.17, 15) is 4.79 Å². The molecule has 1 atom stereocenters. The first-order valence-corrected chi connectivity index (χ1v) is 7.22. The van der Waals surface area contributed by atoms with E-state index in [4.69, 9.17) is 17.3 Å². The lowest BCUT2D eigenvalue weighted by molar-refractivity contribution is 0.248. The molecular weight excluding hydrogens is 270 g/mol. The van der Waals surface area contributed by atoms with Crippen LogP contribution in [-0.2, 0) is 0 Å². The molecule has 4 nitrogen and oxygen atoms in total. The molecule has 1 aromatic carbocycles. The van der Waals surface area contributed by atoms with Crippen molar-refractivity contribution in [2.45, 2.75) is 17.4 Å². The van der Waals surface area contributed by atoms with Crippen molar-refractivity contribution in [3.05, 3.63) is 28.8 Å². The third-order valence-electron chi connectivity index (χ3n) is 2.83. The fourth-order valence-electron chi connectivity index (χ4n) is 2.01. The molecule has 2 amide bonds. The summed E-state index contributed by atoms with van der Waals surface area (Å²) >= 11 is 7.89. The first-order chi connectivity index (χ1) is 8.66. The molecule has 0 saturated carbocycles. The van der Waals surface area contributed by atoms with Crippen LogP contribution in [0.3, 0.4) is 0 Å². The van der Waals surface area contributed by atoms with Gasteiger partial charge in [-0.2, -0.15) is 0 Å². The molecule has 0 radical (unpaired) electrons. The van der Waals surface area contributed by atoms with Gasteiger partial charge in [-0.05, 0) is 35.9 Å². The van der Waals surface area contributed by atoms with Crippen LogP contribution in [0.4, 0.5) is 4.79 Å². The van der Waals surface area contributed by atoms with Gasteiger partial charge >= 0.3 is 6.03 Å². The van der Waals surface area contributed by atoms with Crippen LogP contribution in [0, 0.1) is 0 Å². The number of amides is 2.